The van der Waals surface area contributed by atoms with E-state index in [1.54, 1.807) is 24.3 Å². The Morgan fingerprint density at radius 3 is 2.58 bits per heavy atom. The molecule has 6 nitrogen and oxygen atoms in total. The predicted octanol–water partition coefficient (Wildman–Crippen LogP) is 2.87. The lowest BCUT2D eigenvalue weighted by Gasteiger charge is -2.04. The Labute approximate surface area is 143 Å². The summed E-state index contributed by atoms with van der Waals surface area (Å²) < 4.78 is 1.50. The van der Waals surface area contributed by atoms with E-state index in [4.69, 9.17) is 17.3 Å². The number of amides is 1. The van der Waals surface area contributed by atoms with Gasteiger partial charge in [0.15, 0.2) is 0 Å². The zero-order valence-corrected chi connectivity index (χ0v) is 13.3. The molecule has 0 atom stereocenters. The number of anilines is 1. The molecule has 1 amide bonds. The highest BCUT2D eigenvalue weighted by Gasteiger charge is 2.15. The average molecular weight is 340 g/mol. The van der Waals surface area contributed by atoms with Crippen LogP contribution in [0.2, 0.25) is 5.02 Å². The molecule has 0 aliphatic heterocycles. The van der Waals surface area contributed by atoms with Gasteiger partial charge in [0.2, 0.25) is 0 Å². The number of carbonyl (C=O) groups excluding carboxylic acids is 1. The van der Waals surface area contributed by atoms with Crippen molar-refractivity contribution in [2.75, 3.05) is 5.73 Å². The lowest BCUT2D eigenvalue weighted by molar-refractivity contribution is 0.0956. The number of carbonyl (C=O) groups is 1. The Bertz CT molecular complexity index is 872. The van der Waals surface area contributed by atoms with Gasteiger partial charge in [0.25, 0.3) is 5.91 Å². The van der Waals surface area contributed by atoms with E-state index in [1.807, 2.05) is 30.3 Å². The van der Waals surface area contributed by atoms with Crippen molar-refractivity contribution >= 4 is 29.5 Å². The van der Waals surface area contributed by atoms with E-state index in [0.29, 0.717) is 5.02 Å². The van der Waals surface area contributed by atoms with Gasteiger partial charge in [-0.3, -0.25) is 4.79 Å². The summed E-state index contributed by atoms with van der Waals surface area (Å²) in [4.78, 5) is 12.2. The lowest BCUT2D eigenvalue weighted by atomic mass is 10.2. The molecule has 0 saturated carbocycles. The number of aromatic nitrogens is 2. The van der Waals surface area contributed by atoms with Gasteiger partial charge in [-0.1, -0.05) is 41.9 Å². The fraction of sp³-hybridized carbons (Fsp3) is 0. The van der Waals surface area contributed by atoms with Gasteiger partial charge in [-0.2, -0.15) is 10.2 Å². The Kier molecular flexibility index (Phi) is 4.58. The van der Waals surface area contributed by atoms with Crippen LogP contribution in [0.25, 0.3) is 5.69 Å². The third kappa shape index (κ3) is 3.44. The SMILES string of the molecule is Nc1c(C(=O)NN=Cc2ccc(Cl)cc2)cnn1-c1ccccc1. The molecule has 120 valence electrons. The van der Waals surface area contributed by atoms with Gasteiger partial charge in [-0.25, -0.2) is 10.1 Å². The molecule has 7 heteroatoms. The Balaban J connectivity index is 1.72. The molecule has 0 aliphatic rings. The molecule has 0 fully saturated rings. The fourth-order valence-electron chi connectivity index (χ4n) is 2.08. The van der Waals surface area contributed by atoms with Gasteiger partial charge in [0, 0.05) is 5.02 Å². The summed E-state index contributed by atoms with van der Waals surface area (Å²) in [7, 11) is 0. The number of nitrogens with two attached hydrogens (primary N) is 1. The molecule has 2 aromatic carbocycles. The van der Waals surface area contributed by atoms with Gasteiger partial charge < -0.3 is 5.73 Å². The van der Waals surface area contributed by atoms with Crippen LogP contribution in [0.4, 0.5) is 5.82 Å². The highest BCUT2D eigenvalue weighted by molar-refractivity contribution is 6.30. The third-order valence-corrected chi connectivity index (χ3v) is 3.55. The maximum absolute atomic E-state index is 12.2. The first kappa shape index (κ1) is 15.8. The minimum atomic E-state index is -0.431. The van der Waals surface area contributed by atoms with Crippen molar-refractivity contribution in [3.8, 4) is 5.69 Å². The molecular weight excluding hydrogens is 326 g/mol. The van der Waals surface area contributed by atoms with Crippen LogP contribution in [0.15, 0.2) is 65.9 Å². The van der Waals surface area contributed by atoms with Crippen LogP contribution in [0.5, 0.6) is 0 Å². The highest BCUT2D eigenvalue weighted by atomic mass is 35.5. The summed E-state index contributed by atoms with van der Waals surface area (Å²) in [5, 5.41) is 8.69. The number of nitrogens with one attached hydrogen (secondary N) is 1. The van der Waals surface area contributed by atoms with Gasteiger partial charge >= 0.3 is 0 Å². The van der Waals surface area contributed by atoms with Crippen LogP contribution >= 0.6 is 11.6 Å². The number of halogens is 1. The van der Waals surface area contributed by atoms with Crippen LogP contribution < -0.4 is 11.2 Å². The monoisotopic (exact) mass is 339 g/mol. The van der Waals surface area contributed by atoms with E-state index in [9.17, 15) is 4.79 Å². The number of nitrogens with zero attached hydrogens (tertiary/aromatic N) is 3. The largest absolute Gasteiger partial charge is 0.383 e. The summed E-state index contributed by atoms with van der Waals surface area (Å²) in [6.45, 7) is 0. The second kappa shape index (κ2) is 6.97. The topological polar surface area (TPSA) is 85.3 Å². The van der Waals surface area contributed by atoms with Crippen molar-refractivity contribution in [3.05, 3.63) is 76.9 Å². The van der Waals surface area contributed by atoms with Gasteiger partial charge in [0.05, 0.1) is 18.1 Å². The molecule has 3 aromatic rings. The Morgan fingerprint density at radius 2 is 1.88 bits per heavy atom. The summed E-state index contributed by atoms with van der Waals surface area (Å²) in [5.74, 6) is -0.180. The molecule has 3 N–H and O–H groups in total. The lowest BCUT2D eigenvalue weighted by Crippen LogP contribution is -2.18. The van der Waals surface area contributed by atoms with E-state index in [2.05, 4.69) is 15.6 Å². The fourth-order valence-corrected chi connectivity index (χ4v) is 2.21. The molecule has 1 aromatic heterocycles. The molecule has 1 heterocycles. The standard InChI is InChI=1S/C17H14ClN5O/c18-13-8-6-12(7-9-13)10-20-22-17(24)15-11-21-23(16(15)19)14-4-2-1-3-5-14/h1-11H,19H2,(H,22,24). The molecule has 0 unspecified atom stereocenters. The van der Waals surface area contributed by atoms with Crippen LogP contribution in [-0.4, -0.2) is 21.9 Å². The Morgan fingerprint density at radius 1 is 1.17 bits per heavy atom. The number of hydrazone groups is 1. The number of rotatable bonds is 4. The molecule has 0 aliphatic carbocycles. The summed E-state index contributed by atoms with van der Waals surface area (Å²) in [6, 6.07) is 16.4. The van der Waals surface area contributed by atoms with E-state index < -0.39 is 5.91 Å². The molecule has 0 bridgehead atoms. The molecule has 0 radical (unpaired) electrons. The third-order valence-electron chi connectivity index (χ3n) is 3.30. The van der Waals surface area contributed by atoms with E-state index in [0.717, 1.165) is 11.3 Å². The smallest absolute Gasteiger partial charge is 0.276 e. The van der Waals surface area contributed by atoms with Crippen LogP contribution in [0.3, 0.4) is 0 Å². The van der Waals surface area contributed by atoms with Crippen molar-refractivity contribution in [2.45, 2.75) is 0 Å². The number of hydrogen-bond donors (Lipinski definition) is 2. The molecule has 0 spiro atoms. The molecule has 3 rings (SSSR count). The average Bonchev–Trinajstić information content (AvgIpc) is 2.99. The number of benzene rings is 2. The molecule has 0 saturated heterocycles. The predicted molar refractivity (Wildman–Crippen MR) is 94.5 cm³/mol. The van der Waals surface area contributed by atoms with Gasteiger partial charge in [0.1, 0.15) is 11.4 Å². The normalized spacial score (nSPS) is 10.9. The van der Waals surface area contributed by atoms with Gasteiger partial charge in [-0.05, 0) is 29.8 Å². The zero-order chi connectivity index (χ0) is 16.9. The Hall–Kier alpha value is -3.12. The van der Waals surface area contributed by atoms with Crippen molar-refractivity contribution in [3.63, 3.8) is 0 Å². The number of hydrogen-bond acceptors (Lipinski definition) is 4. The maximum atomic E-state index is 12.2. The minimum absolute atomic E-state index is 0.250. The van der Waals surface area contributed by atoms with E-state index in [1.165, 1.54) is 17.1 Å². The summed E-state index contributed by atoms with van der Waals surface area (Å²) >= 11 is 5.81. The highest BCUT2D eigenvalue weighted by Crippen LogP contribution is 2.16. The van der Waals surface area contributed by atoms with Crippen molar-refractivity contribution in [1.82, 2.24) is 15.2 Å². The second-order valence-corrected chi connectivity index (χ2v) is 5.38. The zero-order valence-electron chi connectivity index (χ0n) is 12.6. The summed E-state index contributed by atoms with van der Waals surface area (Å²) in [5.41, 5.74) is 10.3. The first-order valence-corrected chi connectivity index (χ1v) is 7.51. The van der Waals surface area contributed by atoms with Crippen LogP contribution in [0.1, 0.15) is 15.9 Å². The molecule has 24 heavy (non-hydrogen) atoms. The number of nitrogen functional groups attached to an aromatic ring is 1. The van der Waals surface area contributed by atoms with Crippen molar-refractivity contribution in [1.29, 1.82) is 0 Å². The van der Waals surface area contributed by atoms with Crippen molar-refractivity contribution < 1.29 is 4.79 Å². The van der Waals surface area contributed by atoms with Gasteiger partial charge in [-0.15, -0.1) is 0 Å². The number of para-hydroxylation sites is 1. The first-order chi connectivity index (χ1) is 11.6. The summed E-state index contributed by atoms with van der Waals surface area (Å²) in [6.07, 6.45) is 2.93. The second-order valence-electron chi connectivity index (χ2n) is 4.94. The van der Waals surface area contributed by atoms with E-state index in [-0.39, 0.29) is 11.4 Å². The maximum Gasteiger partial charge on any atom is 0.276 e. The molecular formula is C17H14ClN5O. The minimum Gasteiger partial charge on any atom is -0.383 e. The van der Waals surface area contributed by atoms with Crippen LogP contribution in [0, 0.1) is 0 Å². The first-order valence-electron chi connectivity index (χ1n) is 7.13. The van der Waals surface area contributed by atoms with E-state index >= 15 is 0 Å². The quantitative estimate of drug-likeness (QED) is 0.566. The van der Waals surface area contributed by atoms with Crippen molar-refractivity contribution in [2.24, 2.45) is 5.10 Å². The van der Waals surface area contributed by atoms with Crippen LogP contribution in [-0.2, 0) is 0 Å².